The second kappa shape index (κ2) is 13.9. The summed E-state index contributed by atoms with van der Waals surface area (Å²) in [5.41, 5.74) is 7.03. The predicted molar refractivity (Wildman–Crippen MR) is 236 cm³/mol. The molecule has 0 amide bonds. The highest BCUT2D eigenvalue weighted by molar-refractivity contribution is 9.11. The topological polar surface area (TPSA) is 0 Å². The fraction of sp³-hybridized carbons (Fsp3) is 0. The summed E-state index contributed by atoms with van der Waals surface area (Å²) in [5.74, 6) is 0. The molecule has 9 aromatic carbocycles. The van der Waals surface area contributed by atoms with E-state index in [0.29, 0.717) is 0 Å². The fourth-order valence-electron chi connectivity index (χ4n) is 7.51. The average molecular weight is 924 g/mol. The van der Waals surface area contributed by atoms with E-state index < -0.39 is 0 Å². The molecule has 0 aliphatic carbocycles. The van der Waals surface area contributed by atoms with Crippen LogP contribution in [0.25, 0.3) is 54.2 Å². The maximum Gasteiger partial charge on any atom is 0.0175 e. The summed E-state index contributed by atoms with van der Waals surface area (Å²) in [7, 11) is 0. The molecule has 248 valence electrons. The van der Waals surface area contributed by atoms with Crippen LogP contribution in [0.4, 0.5) is 0 Å². The van der Waals surface area contributed by atoms with Crippen molar-refractivity contribution in [3.05, 3.63) is 220 Å². The summed E-state index contributed by atoms with van der Waals surface area (Å²) in [6.45, 7) is 0. The molecular weight excluding hydrogens is 896 g/mol. The van der Waals surface area contributed by atoms with Gasteiger partial charge in [0.2, 0.25) is 0 Å². The van der Waals surface area contributed by atoms with Crippen LogP contribution in [0.3, 0.4) is 0 Å². The van der Waals surface area contributed by atoms with E-state index in [4.69, 9.17) is 0 Å². The first-order chi connectivity index (χ1) is 25.4. The first kappa shape index (κ1) is 33.5. The molecule has 0 aliphatic heterocycles. The van der Waals surface area contributed by atoms with Crippen LogP contribution in [0, 0.1) is 0 Å². The highest BCUT2D eigenvalue weighted by atomic mass is 79.9. The Morgan fingerprint density at radius 2 is 0.481 bits per heavy atom. The third kappa shape index (κ3) is 6.16. The zero-order valence-corrected chi connectivity index (χ0v) is 34.0. The Hall–Kier alpha value is -4.32. The molecule has 4 heteroatoms. The Morgan fingerprint density at radius 1 is 0.269 bits per heavy atom. The minimum Gasteiger partial charge on any atom is -0.0616 e. The van der Waals surface area contributed by atoms with Gasteiger partial charge in [-0.1, -0.05) is 161 Å². The van der Waals surface area contributed by atoms with Gasteiger partial charge in [-0.05, 0) is 160 Å². The monoisotopic (exact) mass is 920 g/mol. The Morgan fingerprint density at radius 3 is 0.692 bits per heavy atom. The van der Waals surface area contributed by atoms with Gasteiger partial charge in [0.25, 0.3) is 0 Å². The number of benzene rings is 9. The summed E-state index contributed by atoms with van der Waals surface area (Å²) < 4.78 is 4.21. The summed E-state index contributed by atoms with van der Waals surface area (Å²) in [4.78, 5) is 0. The Labute approximate surface area is 335 Å². The second-order valence-electron chi connectivity index (χ2n) is 13.0. The Balaban J connectivity index is 1.65. The van der Waals surface area contributed by atoms with Crippen molar-refractivity contribution in [1.82, 2.24) is 0 Å². The summed E-state index contributed by atoms with van der Waals surface area (Å²) in [5, 5.41) is 12.1. The van der Waals surface area contributed by atoms with Crippen LogP contribution in [-0.4, -0.2) is 0 Å². The van der Waals surface area contributed by atoms with Crippen molar-refractivity contribution >= 4 is 118 Å². The lowest BCUT2D eigenvalue weighted by Crippen LogP contribution is -2.21. The first-order valence-electron chi connectivity index (χ1n) is 17.0. The minimum atomic E-state index is 1.05. The molecule has 0 unspecified atom stereocenters. The fourth-order valence-corrected chi connectivity index (χ4v) is 8.57. The molecule has 9 aromatic rings. The van der Waals surface area contributed by atoms with Crippen LogP contribution in [0.2, 0.25) is 0 Å². The van der Waals surface area contributed by atoms with Crippen molar-refractivity contribution in [3.63, 3.8) is 0 Å². The summed E-state index contributed by atoms with van der Waals surface area (Å²) in [6.07, 6.45) is 0. The molecule has 52 heavy (non-hydrogen) atoms. The molecule has 0 saturated carbocycles. The van der Waals surface area contributed by atoms with Gasteiger partial charge in [-0.3, -0.25) is 0 Å². The smallest absolute Gasteiger partial charge is 0.0175 e. The third-order valence-corrected chi connectivity index (χ3v) is 12.0. The lowest BCUT2D eigenvalue weighted by Gasteiger charge is -2.19. The maximum absolute atomic E-state index is 3.71. The quantitative estimate of drug-likeness (QED) is 0.154. The normalized spacial score (nSPS) is 11.5. The third-order valence-electron chi connectivity index (χ3n) is 9.88. The molecule has 0 atom stereocenters. The van der Waals surface area contributed by atoms with Gasteiger partial charge in [0.1, 0.15) is 0 Å². The highest BCUT2D eigenvalue weighted by Gasteiger charge is 2.19. The molecule has 0 bridgehead atoms. The molecule has 0 fully saturated rings. The van der Waals surface area contributed by atoms with Crippen LogP contribution < -0.4 is 10.4 Å². The van der Waals surface area contributed by atoms with E-state index in [-0.39, 0.29) is 0 Å². The van der Waals surface area contributed by atoms with E-state index in [1.807, 2.05) is 0 Å². The molecule has 0 spiro atoms. The standard InChI is InChI=1S/C48H28Br4/c49-37-17-9-29(10-18-37)45(30-11-19-38(50)20-12-30)47-41-25-33-5-1-2-6-34(33)26-42(41)48(44-28-36-8-4-3-7-35(36)27-43(44)47)46(31-13-21-39(51)22-14-31)32-15-23-40(52)24-16-32/h1-28H. The SMILES string of the molecule is Brc1ccc(C(c2ccc(Br)cc2)=c2c3cc4ccccc4cc3c(=C(c3ccc(Br)cc3)c3ccc(Br)cc3)c3cc4ccccc4cc23)cc1. The van der Waals surface area contributed by atoms with Crippen molar-refractivity contribution in [2.45, 2.75) is 0 Å². The Kier molecular flexibility index (Phi) is 8.96. The summed E-state index contributed by atoms with van der Waals surface area (Å²) >= 11 is 14.8. The Bertz CT molecular complexity index is 2540. The van der Waals surface area contributed by atoms with Crippen molar-refractivity contribution < 1.29 is 0 Å². The van der Waals surface area contributed by atoms with Gasteiger partial charge in [-0.2, -0.15) is 0 Å². The summed E-state index contributed by atoms with van der Waals surface area (Å²) in [6, 6.07) is 62.1. The molecule has 0 aromatic heterocycles. The molecule has 0 N–H and O–H groups in total. The van der Waals surface area contributed by atoms with E-state index in [9.17, 15) is 0 Å². The zero-order chi connectivity index (χ0) is 35.3. The lowest BCUT2D eigenvalue weighted by molar-refractivity contribution is 1.49. The number of halogens is 4. The molecule has 0 heterocycles. The van der Waals surface area contributed by atoms with Gasteiger partial charge in [0.05, 0.1) is 0 Å². The molecule has 9 rings (SSSR count). The van der Waals surface area contributed by atoms with Crippen LogP contribution in [0.1, 0.15) is 22.3 Å². The first-order valence-corrected chi connectivity index (χ1v) is 20.2. The number of hydrogen-bond donors (Lipinski definition) is 0. The van der Waals surface area contributed by atoms with E-state index in [1.165, 1.54) is 64.7 Å². The average Bonchev–Trinajstić information content (AvgIpc) is 3.17. The van der Waals surface area contributed by atoms with E-state index in [2.05, 4.69) is 234 Å². The molecular formula is C48H28Br4. The predicted octanol–water partition coefficient (Wildman–Crippen LogP) is 13.8. The highest BCUT2D eigenvalue weighted by Crippen LogP contribution is 2.33. The van der Waals surface area contributed by atoms with E-state index in [0.717, 1.165) is 40.1 Å². The van der Waals surface area contributed by atoms with Crippen molar-refractivity contribution in [2.75, 3.05) is 0 Å². The van der Waals surface area contributed by atoms with Crippen molar-refractivity contribution in [2.24, 2.45) is 0 Å². The van der Waals surface area contributed by atoms with Gasteiger partial charge in [0, 0.05) is 17.9 Å². The van der Waals surface area contributed by atoms with Crippen molar-refractivity contribution in [3.8, 4) is 0 Å². The van der Waals surface area contributed by atoms with Crippen LogP contribution in [0.5, 0.6) is 0 Å². The zero-order valence-electron chi connectivity index (χ0n) is 27.7. The van der Waals surface area contributed by atoms with Gasteiger partial charge in [0.15, 0.2) is 0 Å². The van der Waals surface area contributed by atoms with Gasteiger partial charge >= 0.3 is 0 Å². The molecule has 0 saturated heterocycles. The number of fused-ring (bicyclic) bond motifs is 4. The minimum absolute atomic E-state index is 1.05. The maximum atomic E-state index is 3.71. The lowest BCUT2D eigenvalue weighted by atomic mass is 9.85. The van der Waals surface area contributed by atoms with Crippen LogP contribution in [-0.2, 0) is 0 Å². The molecule has 0 aliphatic rings. The molecule has 0 radical (unpaired) electrons. The van der Waals surface area contributed by atoms with Crippen LogP contribution >= 0.6 is 63.7 Å². The van der Waals surface area contributed by atoms with E-state index >= 15 is 0 Å². The van der Waals surface area contributed by atoms with Gasteiger partial charge < -0.3 is 0 Å². The number of rotatable bonds is 4. The molecule has 0 nitrogen and oxygen atoms in total. The van der Waals surface area contributed by atoms with E-state index in [1.54, 1.807) is 0 Å². The van der Waals surface area contributed by atoms with Gasteiger partial charge in [-0.15, -0.1) is 0 Å². The van der Waals surface area contributed by atoms with Crippen LogP contribution in [0.15, 0.2) is 188 Å². The largest absolute Gasteiger partial charge is 0.0616 e. The number of hydrogen-bond acceptors (Lipinski definition) is 0. The second-order valence-corrected chi connectivity index (χ2v) is 16.7. The van der Waals surface area contributed by atoms with Gasteiger partial charge in [-0.25, -0.2) is 0 Å². The van der Waals surface area contributed by atoms with Crippen molar-refractivity contribution in [1.29, 1.82) is 0 Å².